The Kier molecular flexibility index (Phi) is 4.19. The van der Waals surface area contributed by atoms with Gasteiger partial charge in [-0.05, 0) is 48.7 Å². The van der Waals surface area contributed by atoms with Crippen LogP contribution in [0, 0.1) is 13.8 Å². The maximum absolute atomic E-state index is 5.95. The highest BCUT2D eigenvalue weighted by Crippen LogP contribution is 2.26. The van der Waals surface area contributed by atoms with Crippen molar-refractivity contribution in [2.24, 2.45) is 0 Å². The van der Waals surface area contributed by atoms with Crippen molar-refractivity contribution in [1.82, 2.24) is 4.98 Å². The van der Waals surface area contributed by atoms with Gasteiger partial charge < -0.3 is 5.73 Å². The molecule has 0 saturated heterocycles. The van der Waals surface area contributed by atoms with Crippen molar-refractivity contribution in [2.75, 3.05) is 5.73 Å². The van der Waals surface area contributed by atoms with Crippen LogP contribution in [0.2, 0.25) is 5.02 Å². The van der Waals surface area contributed by atoms with E-state index in [1.54, 1.807) is 11.3 Å². The number of aromatic nitrogens is 1. The van der Waals surface area contributed by atoms with Gasteiger partial charge in [-0.3, -0.25) is 0 Å². The SMILES string of the molecule is Cc1cc(Cc2nc(-c3ccc(Cl)cc3)cs2)c(C)cc1N. The molecule has 0 saturated carbocycles. The van der Waals surface area contributed by atoms with Gasteiger partial charge in [0.25, 0.3) is 0 Å². The number of benzene rings is 2. The van der Waals surface area contributed by atoms with Crippen molar-refractivity contribution in [3.63, 3.8) is 0 Å². The minimum absolute atomic E-state index is 0.743. The van der Waals surface area contributed by atoms with E-state index in [0.717, 1.165) is 39.0 Å². The fourth-order valence-corrected chi connectivity index (χ4v) is 3.35. The van der Waals surface area contributed by atoms with E-state index in [1.165, 1.54) is 11.1 Å². The molecule has 0 aliphatic heterocycles. The predicted molar refractivity (Wildman–Crippen MR) is 95.7 cm³/mol. The number of aryl methyl sites for hydroxylation is 2. The lowest BCUT2D eigenvalue weighted by atomic mass is 10.0. The quantitative estimate of drug-likeness (QED) is 0.666. The van der Waals surface area contributed by atoms with Gasteiger partial charge in [0, 0.05) is 28.1 Å². The fourth-order valence-electron chi connectivity index (χ4n) is 2.40. The van der Waals surface area contributed by atoms with Crippen LogP contribution < -0.4 is 5.73 Å². The fraction of sp³-hybridized carbons (Fsp3) is 0.167. The maximum Gasteiger partial charge on any atom is 0.0976 e. The van der Waals surface area contributed by atoms with E-state index in [2.05, 4.69) is 18.4 Å². The third-order valence-corrected chi connectivity index (χ3v) is 4.86. The van der Waals surface area contributed by atoms with E-state index in [-0.39, 0.29) is 0 Å². The zero-order valence-corrected chi connectivity index (χ0v) is 14.1. The Bertz CT molecular complexity index is 806. The first-order chi connectivity index (χ1) is 10.5. The number of nitrogens with two attached hydrogens (primary N) is 1. The van der Waals surface area contributed by atoms with Crippen molar-refractivity contribution in [3.8, 4) is 11.3 Å². The molecule has 2 N–H and O–H groups in total. The summed E-state index contributed by atoms with van der Waals surface area (Å²) in [5, 5.41) is 3.95. The zero-order valence-electron chi connectivity index (χ0n) is 12.6. The van der Waals surface area contributed by atoms with E-state index >= 15 is 0 Å². The molecule has 0 unspecified atom stereocenters. The maximum atomic E-state index is 5.95. The molecule has 4 heteroatoms. The van der Waals surface area contributed by atoms with Gasteiger partial charge in [0.15, 0.2) is 0 Å². The minimum atomic E-state index is 0.743. The standard InChI is InChI=1S/C18H17ClN2S/c1-11-8-16(20)12(2)7-14(11)9-18-21-17(10-22-18)13-3-5-15(19)6-4-13/h3-8,10H,9,20H2,1-2H3. The smallest absolute Gasteiger partial charge is 0.0976 e. The first-order valence-corrected chi connectivity index (χ1v) is 8.34. The molecule has 2 aromatic carbocycles. The Balaban J connectivity index is 1.86. The summed E-state index contributed by atoms with van der Waals surface area (Å²) in [7, 11) is 0. The Labute approximate surface area is 139 Å². The second-order valence-corrected chi connectivity index (χ2v) is 6.82. The van der Waals surface area contributed by atoms with Crippen molar-refractivity contribution in [1.29, 1.82) is 0 Å². The van der Waals surface area contributed by atoms with Crippen LogP contribution in [-0.4, -0.2) is 4.98 Å². The summed E-state index contributed by atoms with van der Waals surface area (Å²) >= 11 is 7.62. The van der Waals surface area contributed by atoms with Crippen LogP contribution in [0.25, 0.3) is 11.3 Å². The molecule has 3 aromatic rings. The molecule has 0 aliphatic rings. The summed E-state index contributed by atoms with van der Waals surface area (Å²) in [5.74, 6) is 0. The number of hydrogen-bond acceptors (Lipinski definition) is 3. The summed E-state index contributed by atoms with van der Waals surface area (Å²) in [6.45, 7) is 4.14. The molecular weight excluding hydrogens is 312 g/mol. The molecule has 2 nitrogen and oxygen atoms in total. The van der Waals surface area contributed by atoms with Gasteiger partial charge in [0.2, 0.25) is 0 Å². The first-order valence-electron chi connectivity index (χ1n) is 7.09. The highest BCUT2D eigenvalue weighted by atomic mass is 35.5. The largest absolute Gasteiger partial charge is 0.399 e. The average Bonchev–Trinajstić information content (AvgIpc) is 2.94. The Morgan fingerprint density at radius 2 is 1.82 bits per heavy atom. The van der Waals surface area contributed by atoms with Crippen LogP contribution in [0.5, 0.6) is 0 Å². The topological polar surface area (TPSA) is 38.9 Å². The van der Waals surface area contributed by atoms with Gasteiger partial charge in [-0.1, -0.05) is 29.8 Å². The van der Waals surface area contributed by atoms with Crippen molar-refractivity contribution in [2.45, 2.75) is 20.3 Å². The zero-order chi connectivity index (χ0) is 15.7. The van der Waals surface area contributed by atoms with Crippen molar-refractivity contribution >= 4 is 28.6 Å². The van der Waals surface area contributed by atoms with E-state index < -0.39 is 0 Å². The number of thiazole rings is 1. The number of nitrogens with zero attached hydrogens (tertiary/aromatic N) is 1. The van der Waals surface area contributed by atoms with Gasteiger partial charge >= 0.3 is 0 Å². The highest BCUT2D eigenvalue weighted by Gasteiger charge is 2.08. The summed E-state index contributed by atoms with van der Waals surface area (Å²) in [5.41, 5.74) is 12.5. The first kappa shape index (κ1) is 15.1. The normalized spacial score (nSPS) is 10.9. The molecule has 3 rings (SSSR count). The van der Waals surface area contributed by atoms with Crippen LogP contribution >= 0.6 is 22.9 Å². The number of halogens is 1. The highest BCUT2D eigenvalue weighted by molar-refractivity contribution is 7.10. The monoisotopic (exact) mass is 328 g/mol. The molecule has 0 amide bonds. The van der Waals surface area contributed by atoms with Crippen LogP contribution in [-0.2, 0) is 6.42 Å². The molecule has 0 bridgehead atoms. The third-order valence-electron chi connectivity index (χ3n) is 3.76. The lowest BCUT2D eigenvalue weighted by Crippen LogP contribution is -1.97. The molecule has 1 heterocycles. The second kappa shape index (κ2) is 6.11. The molecule has 22 heavy (non-hydrogen) atoms. The Morgan fingerprint density at radius 1 is 1.09 bits per heavy atom. The minimum Gasteiger partial charge on any atom is -0.399 e. The van der Waals surface area contributed by atoms with E-state index in [4.69, 9.17) is 22.3 Å². The van der Waals surface area contributed by atoms with Crippen LogP contribution in [0.15, 0.2) is 41.8 Å². The molecule has 0 radical (unpaired) electrons. The molecule has 0 aliphatic carbocycles. The van der Waals surface area contributed by atoms with Gasteiger partial charge in [-0.25, -0.2) is 4.98 Å². The summed E-state index contributed by atoms with van der Waals surface area (Å²) in [6.07, 6.45) is 0.839. The number of nitrogen functional groups attached to an aromatic ring is 1. The third kappa shape index (κ3) is 3.16. The van der Waals surface area contributed by atoms with Gasteiger partial charge in [0.1, 0.15) is 0 Å². The number of rotatable bonds is 3. The second-order valence-electron chi connectivity index (χ2n) is 5.45. The molecule has 112 valence electrons. The Hall–Kier alpha value is -1.84. The average molecular weight is 329 g/mol. The van der Waals surface area contributed by atoms with E-state index in [1.807, 2.05) is 37.3 Å². The molecule has 0 spiro atoms. The van der Waals surface area contributed by atoms with Crippen molar-refractivity contribution in [3.05, 3.63) is 68.5 Å². The summed E-state index contributed by atoms with van der Waals surface area (Å²) < 4.78 is 0. The lowest BCUT2D eigenvalue weighted by Gasteiger charge is -2.08. The Morgan fingerprint density at radius 3 is 2.55 bits per heavy atom. The van der Waals surface area contributed by atoms with Gasteiger partial charge in [0.05, 0.1) is 10.7 Å². The molecular formula is C18H17ClN2S. The number of hydrogen-bond donors (Lipinski definition) is 1. The summed E-state index contributed by atoms with van der Waals surface area (Å²) in [4.78, 5) is 4.74. The van der Waals surface area contributed by atoms with Crippen LogP contribution in [0.4, 0.5) is 5.69 Å². The predicted octanol–water partition coefficient (Wildman–Crippen LogP) is 5.25. The van der Waals surface area contributed by atoms with Gasteiger partial charge in [-0.2, -0.15) is 0 Å². The van der Waals surface area contributed by atoms with Crippen LogP contribution in [0.1, 0.15) is 21.7 Å². The molecule has 0 atom stereocenters. The number of anilines is 1. The van der Waals surface area contributed by atoms with Crippen molar-refractivity contribution < 1.29 is 0 Å². The van der Waals surface area contributed by atoms with E-state index in [0.29, 0.717) is 0 Å². The summed E-state index contributed by atoms with van der Waals surface area (Å²) in [6, 6.07) is 12.0. The van der Waals surface area contributed by atoms with Crippen LogP contribution in [0.3, 0.4) is 0 Å². The lowest BCUT2D eigenvalue weighted by molar-refractivity contribution is 1.11. The van der Waals surface area contributed by atoms with Gasteiger partial charge in [-0.15, -0.1) is 11.3 Å². The molecule has 0 fully saturated rings. The molecule has 1 aromatic heterocycles. The van der Waals surface area contributed by atoms with E-state index in [9.17, 15) is 0 Å².